The number of carbonyl (C=O) groups excluding carboxylic acids is 1. The molecule has 2 bridgehead atoms. The van der Waals surface area contributed by atoms with E-state index in [0.717, 1.165) is 19.4 Å². The Morgan fingerprint density at radius 3 is 2.79 bits per heavy atom. The highest BCUT2D eigenvalue weighted by Gasteiger charge is 2.36. The van der Waals surface area contributed by atoms with E-state index in [2.05, 4.69) is 17.3 Å². The highest BCUT2D eigenvalue weighted by atomic mass is 16.6. The maximum absolute atomic E-state index is 12.6. The van der Waals surface area contributed by atoms with Crippen molar-refractivity contribution in [3.8, 4) is 0 Å². The summed E-state index contributed by atoms with van der Waals surface area (Å²) in [6.07, 6.45) is 3.91. The van der Waals surface area contributed by atoms with Gasteiger partial charge in [0.15, 0.2) is 0 Å². The zero-order valence-corrected chi connectivity index (χ0v) is 14.2. The minimum absolute atomic E-state index is 0.0601. The number of hydrogen-bond donors (Lipinski definition) is 1. The monoisotopic (exact) mass is 332 g/mol. The van der Waals surface area contributed by atoms with E-state index in [4.69, 9.17) is 0 Å². The van der Waals surface area contributed by atoms with Crippen molar-refractivity contribution >= 4 is 17.4 Å². The van der Waals surface area contributed by atoms with Crippen molar-refractivity contribution in [3.05, 3.63) is 33.9 Å². The van der Waals surface area contributed by atoms with Gasteiger partial charge in [-0.3, -0.25) is 15.0 Å². The van der Waals surface area contributed by atoms with Crippen LogP contribution in [0.3, 0.4) is 0 Å². The van der Waals surface area contributed by atoms with Crippen molar-refractivity contribution in [2.45, 2.75) is 44.7 Å². The Morgan fingerprint density at radius 2 is 2.08 bits per heavy atom. The molecule has 24 heavy (non-hydrogen) atoms. The number of fused-ring (bicyclic) bond motifs is 2. The van der Waals surface area contributed by atoms with Crippen molar-refractivity contribution in [1.82, 2.24) is 9.80 Å². The third-order valence-corrected chi connectivity index (χ3v) is 5.35. The molecule has 2 saturated heterocycles. The number of carbonyl (C=O) groups is 1. The third-order valence-electron chi connectivity index (χ3n) is 5.35. The molecule has 7 nitrogen and oxygen atoms in total. The van der Waals surface area contributed by atoms with Gasteiger partial charge in [-0.05, 0) is 38.8 Å². The average molecular weight is 332 g/mol. The molecule has 0 aliphatic carbocycles. The van der Waals surface area contributed by atoms with Crippen LogP contribution in [0.4, 0.5) is 16.2 Å². The SMILES string of the molecule is CCc1ccc(NC(=O)N2CCC3CCC(C2)N3C)cc1[N+](=O)[O-]. The van der Waals surface area contributed by atoms with Crippen LogP contribution in [0.15, 0.2) is 18.2 Å². The summed E-state index contributed by atoms with van der Waals surface area (Å²) in [5.74, 6) is 0. The largest absolute Gasteiger partial charge is 0.323 e. The molecule has 130 valence electrons. The molecular formula is C17H24N4O3. The Kier molecular flexibility index (Phi) is 4.71. The summed E-state index contributed by atoms with van der Waals surface area (Å²) in [6, 6.07) is 5.71. The smallest absolute Gasteiger partial charge is 0.321 e. The lowest BCUT2D eigenvalue weighted by Gasteiger charge is -2.26. The number of nitrogens with zero attached hydrogens (tertiary/aromatic N) is 3. The fourth-order valence-electron chi connectivity index (χ4n) is 3.81. The van der Waals surface area contributed by atoms with E-state index in [1.165, 1.54) is 12.5 Å². The maximum Gasteiger partial charge on any atom is 0.321 e. The van der Waals surface area contributed by atoms with Crippen LogP contribution in [0.2, 0.25) is 0 Å². The molecule has 2 atom stereocenters. The summed E-state index contributed by atoms with van der Waals surface area (Å²) < 4.78 is 0. The molecule has 0 spiro atoms. The Labute approximate surface area is 141 Å². The number of nitro benzene ring substituents is 1. The van der Waals surface area contributed by atoms with E-state index in [1.54, 1.807) is 12.1 Å². The normalized spacial score (nSPS) is 23.8. The number of aryl methyl sites for hydroxylation is 1. The predicted molar refractivity (Wildman–Crippen MR) is 92.3 cm³/mol. The molecule has 2 fully saturated rings. The number of hydrogen-bond acceptors (Lipinski definition) is 4. The first-order valence-corrected chi connectivity index (χ1v) is 8.54. The molecule has 7 heteroatoms. The van der Waals surface area contributed by atoms with Gasteiger partial charge in [0.25, 0.3) is 5.69 Å². The molecule has 1 aromatic carbocycles. The van der Waals surface area contributed by atoms with Crippen LogP contribution in [-0.2, 0) is 6.42 Å². The highest BCUT2D eigenvalue weighted by Crippen LogP contribution is 2.29. The van der Waals surface area contributed by atoms with Gasteiger partial charge in [-0.15, -0.1) is 0 Å². The van der Waals surface area contributed by atoms with Crippen LogP contribution in [-0.4, -0.2) is 53.0 Å². The van der Waals surface area contributed by atoms with Crippen LogP contribution in [0.5, 0.6) is 0 Å². The second kappa shape index (κ2) is 6.76. The summed E-state index contributed by atoms with van der Waals surface area (Å²) in [4.78, 5) is 27.6. The molecule has 2 aliphatic heterocycles. The van der Waals surface area contributed by atoms with Gasteiger partial charge >= 0.3 is 6.03 Å². The quantitative estimate of drug-likeness (QED) is 0.682. The van der Waals surface area contributed by atoms with Gasteiger partial charge in [0.1, 0.15) is 0 Å². The second-order valence-electron chi connectivity index (χ2n) is 6.67. The highest BCUT2D eigenvalue weighted by molar-refractivity contribution is 5.89. The summed E-state index contributed by atoms with van der Waals surface area (Å²) in [5.41, 5.74) is 1.21. The third kappa shape index (κ3) is 3.21. The first-order valence-electron chi connectivity index (χ1n) is 8.54. The number of benzene rings is 1. The van der Waals surface area contributed by atoms with Gasteiger partial charge in [0.05, 0.1) is 4.92 Å². The fourth-order valence-corrected chi connectivity index (χ4v) is 3.81. The van der Waals surface area contributed by atoms with Crippen LogP contribution in [0.1, 0.15) is 31.7 Å². The van der Waals surface area contributed by atoms with E-state index in [0.29, 0.717) is 36.3 Å². The topological polar surface area (TPSA) is 78.7 Å². The minimum Gasteiger partial charge on any atom is -0.323 e. The van der Waals surface area contributed by atoms with Crippen LogP contribution in [0, 0.1) is 10.1 Å². The lowest BCUT2D eigenvalue weighted by atomic mass is 10.1. The van der Waals surface area contributed by atoms with Crippen molar-refractivity contribution in [3.63, 3.8) is 0 Å². The molecule has 0 radical (unpaired) electrons. The van der Waals surface area contributed by atoms with Crippen molar-refractivity contribution in [2.75, 3.05) is 25.5 Å². The number of anilines is 1. The number of urea groups is 1. The minimum atomic E-state index is -0.395. The van der Waals surface area contributed by atoms with Gasteiger partial charge in [-0.2, -0.15) is 0 Å². The van der Waals surface area contributed by atoms with E-state index in [1.807, 2.05) is 11.8 Å². The van der Waals surface area contributed by atoms with Gasteiger partial charge in [-0.25, -0.2) is 4.79 Å². The van der Waals surface area contributed by atoms with E-state index in [9.17, 15) is 14.9 Å². The number of likely N-dealkylation sites (N-methyl/N-ethyl adjacent to an activating group) is 1. The standard InChI is InChI=1S/C17H24N4O3/c1-3-12-4-5-13(10-16(12)21(23)24)18-17(22)20-9-8-14-6-7-15(11-20)19(14)2/h4-5,10,14-15H,3,6-9,11H2,1-2H3,(H,18,22). The van der Waals surface area contributed by atoms with Crippen LogP contribution in [0.25, 0.3) is 0 Å². The predicted octanol–water partition coefficient (Wildman–Crippen LogP) is 2.86. The van der Waals surface area contributed by atoms with Gasteiger partial charge in [0, 0.05) is 42.5 Å². The summed E-state index contributed by atoms with van der Waals surface area (Å²) in [7, 11) is 2.14. The number of likely N-dealkylation sites (tertiary alicyclic amines) is 1. The molecule has 2 aliphatic rings. The molecule has 2 unspecified atom stereocenters. The van der Waals surface area contributed by atoms with Gasteiger partial charge in [0.2, 0.25) is 0 Å². The lowest BCUT2D eigenvalue weighted by molar-refractivity contribution is -0.385. The Hall–Kier alpha value is -2.15. The Morgan fingerprint density at radius 1 is 1.33 bits per heavy atom. The molecule has 0 saturated carbocycles. The first kappa shape index (κ1) is 16.7. The van der Waals surface area contributed by atoms with Crippen molar-refractivity contribution < 1.29 is 9.72 Å². The Bertz CT molecular complexity index is 649. The maximum atomic E-state index is 12.6. The number of nitrogens with one attached hydrogen (secondary N) is 1. The molecule has 2 heterocycles. The molecule has 1 aromatic rings. The molecule has 3 rings (SSSR count). The van der Waals surface area contributed by atoms with Crippen LogP contribution < -0.4 is 5.32 Å². The van der Waals surface area contributed by atoms with Gasteiger partial charge < -0.3 is 10.2 Å². The second-order valence-corrected chi connectivity index (χ2v) is 6.67. The molecule has 2 amide bonds. The lowest BCUT2D eigenvalue weighted by Crippen LogP contribution is -2.41. The van der Waals surface area contributed by atoms with Gasteiger partial charge in [-0.1, -0.05) is 13.0 Å². The van der Waals surface area contributed by atoms with Crippen LogP contribution >= 0.6 is 0 Å². The molecule has 0 aromatic heterocycles. The molecular weight excluding hydrogens is 308 g/mol. The number of rotatable bonds is 3. The zero-order chi connectivity index (χ0) is 17.3. The summed E-state index contributed by atoms with van der Waals surface area (Å²) in [5, 5.41) is 14.0. The number of amides is 2. The van der Waals surface area contributed by atoms with E-state index < -0.39 is 4.92 Å². The first-order chi connectivity index (χ1) is 11.5. The van der Waals surface area contributed by atoms with Crippen molar-refractivity contribution in [1.29, 1.82) is 0 Å². The zero-order valence-electron chi connectivity index (χ0n) is 14.2. The average Bonchev–Trinajstić information content (AvgIpc) is 2.79. The summed E-state index contributed by atoms with van der Waals surface area (Å²) >= 11 is 0. The fraction of sp³-hybridized carbons (Fsp3) is 0.588. The summed E-state index contributed by atoms with van der Waals surface area (Å²) in [6.45, 7) is 3.32. The van der Waals surface area contributed by atoms with E-state index in [-0.39, 0.29) is 11.7 Å². The van der Waals surface area contributed by atoms with E-state index >= 15 is 0 Å². The Balaban J connectivity index is 1.71. The number of nitro groups is 1. The van der Waals surface area contributed by atoms with Crippen molar-refractivity contribution in [2.24, 2.45) is 0 Å². The molecule has 1 N–H and O–H groups in total.